The molecule has 3 rings (SSSR count). The molecule has 1 atom stereocenters. The Morgan fingerprint density at radius 3 is 2.50 bits per heavy atom. The maximum absolute atomic E-state index is 12.3. The first kappa shape index (κ1) is 22.0. The zero-order chi connectivity index (χ0) is 21.6. The maximum atomic E-state index is 12.3. The van der Waals surface area contributed by atoms with Crippen molar-refractivity contribution in [1.29, 1.82) is 0 Å². The van der Waals surface area contributed by atoms with E-state index in [1.807, 2.05) is 30.3 Å². The first-order valence-electron chi connectivity index (χ1n) is 10.0. The minimum absolute atomic E-state index is 0.0894. The molecule has 0 saturated heterocycles. The number of carbonyl (C=O) groups excluding carboxylic acids is 1. The van der Waals surface area contributed by atoms with E-state index in [1.165, 1.54) is 9.87 Å². The van der Waals surface area contributed by atoms with Crippen LogP contribution in [0.5, 0.6) is 11.5 Å². The zero-order valence-corrected chi connectivity index (χ0v) is 18.2. The highest BCUT2D eigenvalue weighted by molar-refractivity contribution is 7.92. The van der Waals surface area contributed by atoms with E-state index in [9.17, 15) is 13.2 Å². The van der Waals surface area contributed by atoms with Crippen molar-refractivity contribution >= 4 is 21.6 Å². The van der Waals surface area contributed by atoms with Crippen LogP contribution in [0, 0.1) is 0 Å². The lowest BCUT2D eigenvalue weighted by atomic mass is 10.0. The van der Waals surface area contributed by atoms with E-state index >= 15 is 0 Å². The van der Waals surface area contributed by atoms with Crippen LogP contribution in [0.1, 0.15) is 31.2 Å². The third-order valence-electron chi connectivity index (χ3n) is 4.95. The van der Waals surface area contributed by atoms with Crippen LogP contribution in [0.15, 0.2) is 48.5 Å². The molecule has 0 fully saturated rings. The van der Waals surface area contributed by atoms with Crippen molar-refractivity contribution in [1.82, 2.24) is 5.32 Å². The highest BCUT2D eigenvalue weighted by Crippen LogP contribution is 2.34. The molecule has 0 saturated carbocycles. The highest BCUT2D eigenvalue weighted by atomic mass is 32.2. The van der Waals surface area contributed by atoms with Gasteiger partial charge < -0.3 is 14.8 Å². The van der Waals surface area contributed by atoms with Crippen molar-refractivity contribution in [3.8, 4) is 11.5 Å². The van der Waals surface area contributed by atoms with Gasteiger partial charge in [0, 0.05) is 25.6 Å². The van der Waals surface area contributed by atoms with Crippen molar-refractivity contribution in [2.45, 2.75) is 25.7 Å². The Labute approximate surface area is 178 Å². The fourth-order valence-electron chi connectivity index (χ4n) is 3.31. The molecule has 2 aromatic carbocycles. The quantitative estimate of drug-likeness (QED) is 0.659. The lowest BCUT2D eigenvalue weighted by molar-refractivity contribution is -0.121. The summed E-state index contributed by atoms with van der Waals surface area (Å²) in [5.74, 6) is 1.25. The van der Waals surface area contributed by atoms with Crippen molar-refractivity contribution < 1.29 is 22.7 Å². The van der Waals surface area contributed by atoms with Crippen LogP contribution in [0.25, 0.3) is 0 Å². The molecular formula is C22H28N2O5S. The minimum atomic E-state index is -3.50. The fraction of sp³-hybridized carbons (Fsp3) is 0.409. The number of hydrogen-bond acceptors (Lipinski definition) is 5. The van der Waals surface area contributed by atoms with Crippen LogP contribution < -0.4 is 19.1 Å². The number of benzene rings is 2. The summed E-state index contributed by atoms with van der Waals surface area (Å²) in [6, 6.07) is 15.1. The molecular weight excluding hydrogens is 404 g/mol. The molecule has 0 radical (unpaired) electrons. The molecule has 1 aliphatic rings. The van der Waals surface area contributed by atoms with Gasteiger partial charge in [0.1, 0.15) is 13.2 Å². The van der Waals surface area contributed by atoms with Crippen LogP contribution in [-0.4, -0.2) is 46.9 Å². The largest absolute Gasteiger partial charge is 0.486 e. The van der Waals surface area contributed by atoms with Gasteiger partial charge in [0.25, 0.3) is 0 Å². The molecule has 30 heavy (non-hydrogen) atoms. The average molecular weight is 433 g/mol. The Bertz CT molecular complexity index is 963. The zero-order valence-electron chi connectivity index (χ0n) is 17.3. The Balaban J connectivity index is 1.53. The standard InChI is InChI=1S/C22H28N2O5S/c1-17(18-7-4-3-5-8-18)16-23-22(25)9-6-12-24(30(2,26)27)19-10-11-20-21(15-19)29-14-13-28-20/h3-5,7-8,10-11,15,17H,6,9,12-14,16H2,1-2H3,(H,23,25). The second-order valence-electron chi connectivity index (χ2n) is 7.38. The Morgan fingerprint density at radius 2 is 1.80 bits per heavy atom. The van der Waals surface area contributed by atoms with Crippen LogP contribution >= 0.6 is 0 Å². The summed E-state index contributed by atoms with van der Waals surface area (Å²) in [6.45, 7) is 3.71. The van der Waals surface area contributed by atoms with Crippen LogP contribution in [0.4, 0.5) is 5.69 Å². The molecule has 0 aromatic heterocycles. The number of ether oxygens (including phenoxy) is 2. The van der Waals surface area contributed by atoms with Gasteiger partial charge in [0.05, 0.1) is 11.9 Å². The van der Waals surface area contributed by atoms with Gasteiger partial charge in [-0.3, -0.25) is 9.10 Å². The molecule has 162 valence electrons. The number of hydrogen-bond donors (Lipinski definition) is 1. The van der Waals surface area contributed by atoms with Crippen LogP contribution in [0.3, 0.4) is 0 Å². The van der Waals surface area contributed by atoms with Crippen molar-refractivity contribution in [3.05, 3.63) is 54.1 Å². The van der Waals surface area contributed by atoms with E-state index in [0.717, 1.165) is 6.26 Å². The van der Waals surface area contributed by atoms with E-state index in [-0.39, 0.29) is 24.8 Å². The molecule has 0 bridgehead atoms. The first-order chi connectivity index (χ1) is 14.3. The molecule has 1 aliphatic heterocycles. The number of rotatable bonds is 9. The van der Waals surface area contributed by atoms with Crippen molar-refractivity contribution in [2.75, 3.05) is 36.9 Å². The van der Waals surface area contributed by atoms with Gasteiger partial charge in [-0.15, -0.1) is 0 Å². The lowest BCUT2D eigenvalue weighted by Crippen LogP contribution is -2.33. The SMILES string of the molecule is CC(CNC(=O)CCCN(c1ccc2c(c1)OCCO2)S(C)(=O)=O)c1ccccc1. The highest BCUT2D eigenvalue weighted by Gasteiger charge is 2.21. The summed E-state index contributed by atoms with van der Waals surface area (Å²) >= 11 is 0. The van der Waals surface area contributed by atoms with E-state index in [2.05, 4.69) is 12.2 Å². The topological polar surface area (TPSA) is 84.9 Å². The maximum Gasteiger partial charge on any atom is 0.232 e. The van der Waals surface area contributed by atoms with Gasteiger partial charge >= 0.3 is 0 Å². The molecule has 0 spiro atoms. The fourth-order valence-corrected chi connectivity index (χ4v) is 4.27. The number of amides is 1. The number of sulfonamides is 1. The van der Waals surface area contributed by atoms with Gasteiger partial charge in [-0.1, -0.05) is 37.3 Å². The van der Waals surface area contributed by atoms with E-state index < -0.39 is 10.0 Å². The van der Waals surface area contributed by atoms with E-state index in [4.69, 9.17) is 9.47 Å². The average Bonchev–Trinajstić information content (AvgIpc) is 2.74. The van der Waals surface area contributed by atoms with Crippen molar-refractivity contribution in [2.24, 2.45) is 0 Å². The Kier molecular flexibility index (Phi) is 7.20. The monoisotopic (exact) mass is 432 g/mol. The summed E-state index contributed by atoms with van der Waals surface area (Å²) in [5.41, 5.74) is 1.67. The molecule has 7 nitrogen and oxygen atoms in total. The van der Waals surface area contributed by atoms with Gasteiger partial charge in [-0.25, -0.2) is 8.42 Å². The van der Waals surface area contributed by atoms with Gasteiger partial charge in [0.15, 0.2) is 11.5 Å². The van der Waals surface area contributed by atoms with Gasteiger partial charge in [-0.2, -0.15) is 0 Å². The number of nitrogens with one attached hydrogen (secondary N) is 1. The number of carbonyl (C=O) groups is 1. The Morgan fingerprint density at radius 1 is 1.10 bits per heavy atom. The second kappa shape index (κ2) is 9.84. The summed E-state index contributed by atoms with van der Waals surface area (Å²) in [4.78, 5) is 12.2. The molecule has 0 aliphatic carbocycles. The molecule has 1 unspecified atom stereocenters. The smallest absolute Gasteiger partial charge is 0.232 e. The first-order valence-corrected chi connectivity index (χ1v) is 11.9. The van der Waals surface area contributed by atoms with E-state index in [1.54, 1.807) is 18.2 Å². The minimum Gasteiger partial charge on any atom is -0.486 e. The number of anilines is 1. The van der Waals surface area contributed by atoms with Crippen LogP contribution in [0.2, 0.25) is 0 Å². The molecule has 8 heteroatoms. The number of fused-ring (bicyclic) bond motifs is 1. The van der Waals surface area contributed by atoms with Gasteiger partial charge in [-0.05, 0) is 30.0 Å². The lowest BCUT2D eigenvalue weighted by Gasteiger charge is -2.25. The summed E-state index contributed by atoms with van der Waals surface area (Å²) in [6.07, 6.45) is 1.82. The third-order valence-corrected chi connectivity index (χ3v) is 6.15. The number of nitrogens with zero attached hydrogens (tertiary/aromatic N) is 1. The summed E-state index contributed by atoms with van der Waals surface area (Å²) in [7, 11) is -3.50. The van der Waals surface area contributed by atoms with Crippen molar-refractivity contribution in [3.63, 3.8) is 0 Å². The molecule has 1 amide bonds. The molecule has 2 aromatic rings. The van der Waals surface area contributed by atoms with Crippen LogP contribution in [-0.2, 0) is 14.8 Å². The normalized spacial score (nSPS) is 14.1. The summed E-state index contributed by atoms with van der Waals surface area (Å²) in [5, 5.41) is 2.93. The second-order valence-corrected chi connectivity index (χ2v) is 9.29. The Hall–Kier alpha value is -2.74. The summed E-state index contributed by atoms with van der Waals surface area (Å²) < 4.78 is 36.9. The van der Waals surface area contributed by atoms with Gasteiger partial charge in [0.2, 0.25) is 15.9 Å². The third kappa shape index (κ3) is 5.89. The predicted molar refractivity (Wildman–Crippen MR) is 117 cm³/mol. The predicted octanol–water partition coefficient (Wildman–Crippen LogP) is 2.92. The molecule has 1 N–H and O–H groups in total. The molecule has 1 heterocycles. The van der Waals surface area contributed by atoms with E-state index in [0.29, 0.717) is 43.4 Å².